The molecular formula is C7H15NO2S. The molecule has 0 amide bonds. The van der Waals surface area contributed by atoms with Crippen LogP contribution in [0, 0.1) is 5.92 Å². The Bertz CT molecular complexity index is 223. The third-order valence-corrected chi connectivity index (χ3v) is 3.20. The Morgan fingerprint density at radius 1 is 1.45 bits per heavy atom. The van der Waals surface area contributed by atoms with Crippen molar-refractivity contribution in [2.24, 2.45) is 11.7 Å². The van der Waals surface area contributed by atoms with Gasteiger partial charge in [0.15, 0.2) is 0 Å². The number of sulfone groups is 1. The quantitative estimate of drug-likeness (QED) is 0.653. The molecule has 0 heterocycles. The van der Waals surface area contributed by atoms with E-state index >= 15 is 0 Å². The van der Waals surface area contributed by atoms with E-state index in [0.717, 1.165) is 19.3 Å². The summed E-state index contributed by atoms with van der Waals surface area (Å²) >= 11 is 0. The minimum absolute atomic E-state index is 0.238. The predicted octanol–water partition coefficient (Wildman–Crippen LogP) is 0.158. The van der Waals surface area contributed by atoms with E-state index in [4.69, 9.17) is 5.73 Å². The average molecular weight is 177 g/mol. The van der Waals surface area contributed by atoms with Crippen molar-refractivity contribution in [3.63, 3.8) is 0 Å². The molecular weight excluding hydrogens is 162 g/mol. The fourth-order valence-electron chi connectivity index (χ4n) is 1.69. The molecule has 0 aromatic carbocycles. The van der Waals surface area contributed by atoms with Crippen LogP contribution in [0.5, 0.6) is 0 Å². The standard InChI is InChI=1S/C7H15NO2S/c1-11(9,10)5-6-2-3-7(8)4-6/h6-7H,2-5,8H2,1H3. The first kappa shape index (κ1) is 9.00. The summed E-state index contributed by atoms with van der Waals surface area (Å²) in [5.41, 5.74) is 5.65. The molecule has 1 rings (SSSR count). The van der Waals surface area contributed by atoms with Crippen LogP contribution < -0.4 is 5.73 Å². The second kappa shape index (κ2) is 3.11. The average Bonchev–Trinajstić information content (AvgIpc) is 2.10. The van der Waals surface area contributed by atoms with E-state index in [1.165, 1.54) is 6.26 Å². The zero-order valence-electron chi connectivity index (χ0n) is 6.79. The van der Waals surface area contributed by atoms with Gasteiger partial charge in [-0.2, -0.15) is 0 Å². The SMILES string of the molecule is CS(=O)(=O)CC1CCC(N)C1. The molecule has 1 saturated carbocycles. The maximum atomic E-state index is 10.9. The molecule has 2 unspecified atom stereocenters. The van der Waals surface area contributed by atoms with Crippen molar-refractivity contribution in [3.8, 4) is 0 Å². The van der Waals surface area contributed by atoms with Crippen LogP contribution in [0.1, 0.15) is 19.3 Å². The van der Waals surface area contributed by atoms with Crippen molar-refractivity contribution in [3.05, 3.63) is 0 Å². The van der Waals surface area contributed by atoms with Crippen molar-refractivity contribution in [2.75, 3.05) is 12.0 Å². The first-order chi connectivity index (χ1) is 4.97. The fraction of sp³-hybridized carbons (Fsp3) is 1.00. The van der Waals surface area contributed by atoms with Crippen LogP contribution in [0.4, 0.5) is 0 Å². The topological polar surface area (TPSA) is 60.2 Å². The van der Waals surface area contributed by atoms with Crippen molar-refractivity contribution in [2.45, 2.75) is 25.3 Å². The molecule has 0 bridgehead atoms. The molecule has 0 radical (unpaired) electrons. The van der Waals surface area contributed by atoms with Gasteiger partial charge in [-0.3, -0.25) is 0 Å². The number of nitrogens with two attached hydrogens (primary N) is 1. The summed E-state index contributed by atoms with van der Waals surface area (Å²) in [5, 5.41) is 0. The summed E-state index contributed by atoms with van der Waals surface area (Å²) in [5.74, 6) is 0.640. The molecule has 1 aliphatic rings. The lowest BCUT2D eigenvalue weighted by Crippen LogP contribution is -2.17. The predicted molar refractivity (Wildman–Crippen MR) is 45.0 cm³/mol. The molecule has 0 aromatic rings. The van der Waals surface area contributed by atoms with Crippen molar-refractivity contribution >= 4 is 9.84 Å². The van der Waals surface area contributed by atoms with Gasteiger partial charge in [0.2, 0.25) is 0 Å². The molecule has 0 saturated heterocycles. The number of rotatable bonds is 2. The maximum absolute atomic E-state index is 10.9. The molecule has 0 aliphatic heterocycles. The smallest absolute Gasteiger partial charge is 0.147 e. The van der Waals surface area contributed by atoms with Crippen molar-refractivity contribution < 1.29 is 8.42 Å². The summed E-state index contributed by atoms with van der Waals surface area (Å²) in [7, 11) is -2.79. The highest BCUT2D eigenvalue weighted by molar-refractivity contribution is 7.90. The molecule has 3 nitrogen and oxygen atoms in total. The highest BCUT2D eigenvalue weighted by Crippen LogP contribution is 2.24. The normalized spacial score (nSPS) is 32.5. The Morgan fingerprint density at radius 3 is 2.45 bits per heavy atom. The Morgan fingerprint density at radius 2 is 2.09 bits per heavy atom. The van der Waals surface area contributed by atoms with E-state index in [-0.39, 0.29) is 6.04 Å². The van der Waals surface area contributed by atoms with Gasteiger partial charge in [0.1, 0.15) is 9.84 Å². The van der Waals surface area contributed by atoms with E-state index in [0.29, 0.717) is 11.7 Å². The summed E-state index contributed by atoms with van der Waals surface area (Å²) < 4.78 is 21.7. The van der Waals surface area contributed by atoms with Gasteiger partial charge in [-0.15, -0.1) is 0 Å². The molecule has 1 fully saturated rings. The van der Waals surface area contributed by atoms with Gasteiger partial charge in [0.25, 0.3) is 0 Å². The maximum Gasteiger partial charge on any atom is 0.147 e. The van der Waals surface area contributed by atoms with Crippen LogP contribution in [0.3, 0.4) is 0 Å². The first-order valence-electron chi connectivity index (χ1n) is 3.90. The second-order valence-electron chi connectivity index (χ2n) is 3.53. The first-order valence-corrected chi connectivity index (χ1v) is 5.97. The fourth-order valence-corrected chi connectivity index (χ4v) is 2.85. The molecule has 1 aliphatic carbocycles. The largest absolute Gasteiger partial charge is 0.328 e. The van der Waals surface area contributed by atoms with Gasteiger partial charge >= 0.3 is 0 Å². The second-order valence-corrected chi connectivity index (χ2v) is 5.72. The summed E-state index contributed by atoms with van der Waals surface area (Å²) in [6.45, 7) is 0. The van der Waals surface area contributed by atoms with Crippen LogP contribution in [0.2, 0.25) is 0 Å². The van der Waals surface area contributed by atoms with E-state index in [1.807, 2.05) is 0 Å². The number of hydrogen-bond donors (Lipinski definition) is 1. The Labute approximate surface area is 67.9 Å². The molecule has 66 valence electrons. The molecule has 0 aromatic heterocycles. The van der Waals surface area contributed by atoms with Crippen LogP contribution in [0.25, 0.3) is 0 Å². The highest BCUT2D eigenvalue weighted by atomic mass is 32.2. The van der Waals surface area contributed by atoms with Crippen molar-refractivity contribution in [1.82, 2.24) is 0 Å². The molecule has 0 spiro atoms. The third kappa shape index (κ3) is 3.20. The van der Waals surface area contributed by atoms with Gasteiger partial charge in [0.05, 0.1) is 5.75 Å². The Kier molecular flexibility index (Phi) is 2.54. The van der Waals surface area contributed by atoms with Crippen LogP contribution >= 0.6 is 0 Å². The van der Waals surface area contributed by atoms with Crippen LogP contribution in [-0.4, -0.2) is 26.5 Å². The third-order valence-electron chi connectivity index (χ3n) is 2.12. The minimum Gasteiger partial charge on any atom is -0.328 e. The summed E-state index contributed by atoms with van der Waals surface area (Å²) in [6, 6.07) is 0.238. The highest BCUT2D eigenvalue weighted by Gasteiger charge is 2.24. The number of hydrogen-bond acceptors (Lipinski definition) is 3. The Balaban J connectivity index is 2.41. The van der Waals surface area contributed by atoms with Gasteiger partial charge in [-0.05, 0) is 25.2 Å². The van der Waals surface area contributed by atoms with E-state index in [1.54, 1.807) is 0 Å². The molecule has 2 atom stereocenters. The Hall–Kier alpha value is -0.0900. The van der Waals surface area contributed by atoms with E-state index < -0.39 is 9.84 Å². The summed E-state index contributed by atoms with van der Waals surface area (Å²) in [4.78, 5) is 0. The van der Waals surface area contributed by atoms with E-state index in [2.05, 4.69) is 0 Å². The van der Waals surface area contributed by atoms with Gasteiger partial charge < -0.3 is 5.73 Å². The van der Waals surface area contributed by atoms with Crippen LogP contribution in [0.15, 0.2) is 0 Å². The minimum atomic E-state index is -2.79. The lowest BCUT2D eigenvalue weighted by Gasteiger charge is -2.06. The lowest BCUT2D eigenvalue weighted by molar-refractivity contribution is 0.557. The van der Waals surface area contributed by atoms with Crippen molar-refractivity contribution in [1.29, 1.82) is 0 Å². The molecule has 2 N–H and O–H groups in total. The lowest BCUT2D eigenvalue weighted by atomic mass is 10.1. The molecule has 4 heteroatoms. The van der Waals surface area contributed by atoms with Gasteiger partial charge in [-0.1, -0.05) is 0 Å². The summed E-state index contributed by atoms with van der Waals surface area (Å²) in [6.07, 6.45) is 4.14. The van der Waals surface area contributed by atoms with Gasteiger partial charge in [-0.25, -0.2) is 8.42 Å². The monoisotopic (exact) mass is 177 g/mol. The molecule has 11 heavy (non-hydrogen) atoms. The zero-order chi connectivity index (χ0) is 8.48. The van der Waals surface area contributed by atoms with E-state index in [9.17, 15) is 8.42 Å². The van der Waals surface area contributed by atoms with Gasteiger partial charge in [0, 0.05) is 12.3 Å². The van der Waals surface area contributed by atoms with Crippen LogP contribution in [-0.2, 0) is 9.84 Å². The zero-order valence-corrected chi connectivity index (χ0v) is 7.60.